The third-order valence-corrected chi connectivity index (χ3v) is 10.1. The van der Waals surface area contributed by atoms with Crippen molar-refractivity contribution in [1.29, 1.82) is 0 Å². The zero-order valence-corrected chi connectivity index (χ0v) is 21.3. The Morgan fingerprint density at radius 3 is 2.19 bits per heavy atom. The van der Waals surface area contributed by atoms with Gasteiger partial charge in [0.05, 0.1) is 10.4 Å². The number of likely N-dealkylation sites (tertiary alicyclic amines) is 1. The number of sulfonamides is 1. The summed E-state index contributed by atoms with van der Waals surface area (Å²) in [6, 6.07) is 9.19. The fourth-order valence-electron chi connectivity index (χ4n) is 6.23. The molecule has 0 atom stereocenters. The van der Waals surface area contributed by atoms with Gasteiger partial charge in [-0.3, -0.25) is 9.69 Å². The maximum atomic E-state index is 13.7. The first-order chi connectivity index (χ1) is 17.6. The number of benzene rings is 1. The highest BCUT2D eigenvalue weighted by molar-refractivity contribution is 7.89. The number of amides is 1. The number of nitrogens with one attached hydrogen (secondary N) is 1. The highest BCUT2D eigenvalue weighted by Crippen LogP contribution is 2.48. The van der Waals surface area contributed by atoms with E-state index >= 15 is 0 Å². The van der Waals surface area contributed by atoms with E-state index < -0.39 is 27.4 Å². The van der Waals surface area contributed by atoms with Crippen LogP contribution in [0.2, 0.25) is 0 Å². The minimum absolute atomic E-state index is 0. The number of hydrogen-bond donors (Lipinski definition) is 1. The van der Waals surface area contributed by atoms with Gasteiger partial charge in [0, 0.05) is 50.9 Å². The molecule has 1 aromatic carbocycles. The normalized spacial score (nSPS) is 22.6. The van der Waals surface area contributed by atoms with Crippen molar-refractivity contribution in [2.75, 3.05) is 19.6 Å². The predicted molar refractivity (Wildman–Crippen MR) is 132 cm³/mol. The van der Waals surface area contributed by atoms with Crippen molar-refractivity contribution in [3.05, 3.63) is 53.3 Å². The molecule has 1 N–H and O–H groups in total. The number of aromatic nitrogens is 1. The predicted octanol–water partition coefficient (Wildman–Crippen LogP) is 4.19. The van der Waals surface area contributed by atoms with Crippen LogP contribution in [0.25, 0.3) is 0 Å². The quantitative estimate of drug-likeness (QED) is 0.620. The third kappa shape index (κ3) is 4.38. The lowest BCUT2D eigenvalue weighted by atomic mass is 9.77. The Hall–Kier alpha value is -2.37. The van der Waals surface area contributed by atoms with Gasteiger partial charge in [-0.15, -0.1) is 0 Å². The van der Waals surface area contributed by atoms with Gasteiger partial charge in [-0.2, -0.15) is 13.2 Å². The third-order valence-electron chi connectivity index (χ3n) is 8.57. The molecule has 1 aromatic heterocycles. The molecular weight excluding hydrogens is 505 g/mol. The van der Waals surface area contributed by atoms with Crippen molar-refractivity contribution in [3.8, 4) is 0 Å². The monoisotopic (exact) mass is 538 g/mol. The molecule has 3 heterocycles. The lowest BCUT2D eigenvalue weighted by Crippen LogP contribution is -2.62. The van der Waals surface area contributed by atoms with E-state index in [0.717, 1.165) is 32.1 Å². The summed E-state index contributed by atoms with van der Waals surface area (Å²) in [7, 11) is -3.59. The van der Waals surface area contributed by atoms with E-state index in [9.17, 15) is 26.4 Å². The van der Waals surface area contributed by atoms with Gasteiger partial charge < -0.3 is 9.47 Å². The molecule has 0 unspecified atom stereocenters. The molecule has 1 amide bonds. The minimum Gasteiger partial charge on any atom is -0.338 e. The summed E-state index contributed by atoms with van der Waals surface area (Å²) in [6.07, 6.45) is 1.66. The highest BCUT2D eigenvalue weighted by Gasteiger charge is 2.51. The van der Waals surface area contributed by atoms with Crippen LogP contribution in [0.4, 0.5) is 13.2 Å². The van der Waals surface area contributed by atoms with Crippen LogP contribution in [0.1, 0.15) is 68.1 Å². The van der Waals surface area contributed by atoms with Crippen LogP contribution in [0, 0.1) is 0 Å². The minimum atomic E-state index is -4.40. The van der Waals surface area contributed by atoms with Gasteiger partial charge in [0.25, 0.3) is 5.91 Å². The fraction of sp³-hybridized carbons (Fsp3) is 0.577. The molecule has 2 saturated carbocycles. The number of carbonyl (C=O) groups is 1. The first-order valence-electron chi connectivity index (χ1n) is 13.0. The second-order valence-corrected chi connectivity index (χ2v) is 12.5. The van der Waals surface area contributed by atoms with Crippen molar-refractivity contribution in [1.82, 2.24) is 19.1 Å². The molecule has 37 heavy (non-hydrogen) atoms. The lowest BCUT2D eigenvalue weighted by molar-refractivity contribution is -0.145. The van der Waals surface area contributed by atoms with E-state index in [0.29, 0.717) is 56.3 Å². The first-order valence-corrected chi connectivity index (χ1v) is 14.5. The van der Waals surface area contributed by atoms with E-state index in [4.69, 9.17) is 0 Å². The number of alkyl halides is 3. The largest absolute Gasteiger partial charge is 0.431 e. The Balaban J connectivity index is 0.00000294. The van der Waals surface area contributed by atoms with Crippen LogP contribution in [0.5, 0.6) is 0 Å². The van der Waals surface area contributed by atoms with Crippen LogP contribution in [-0.4, -0.2) is 60.4 Å². The second kappa shape index (κ2) is 8.84. The first kappa shape index (κ1) is 24.9. The van der Waals surface area contributed by atoms with Gasteiger partial charge in [-0.1, -0.05) is 6.42 Å². The molecule has 0 radical (unpaired) electrons. The topological polar surface area (TPSA) is 74.6 Å². The van der Waals surface area contributed by atoms with Gasteiger partial charge >= 0.3 is 6.18 Å². The molecule has 1 spiro atoms. The molecule has 11 heteroatoms. The summed E-state index contributed by atoms with van der Waals surface area (Å²) in [5.74, 6) is -0.189. The molecular formula is C26H33F3N4O3S. The fourth-order valence-corrected chi connectivity index (χ4v) is 7.54. The Morgan fingerprint density at radius 2 is 1.62 bits per heavy atom. The zero-order valence-electron chi connectivity index (χ0n) is 20.5. The van der Waals surface area contributed by atoms with Gasteiger partial charge in [-0.05, 0) is 74.9 Å². The number of fused-ring (bicyclic) bond motifs is 2. The number of rotatable bonds is 5. The van der Waals surface area contributed by atoms with Crippen LogP contribution < -0.4 is 4.72 Å². The van der Waals surface area contributed by atoms with Crippen LogP contribution in [0.15, 0.2) is 41.3 Å². The van der Waals surface area contributed by atoms with Crippen LogP contribution in [-0.2, 0) is 28.3 Å². The summed E-state index contributed by atoms with van der Waals surface area (Å²) < 4.78 is 70.0. The maximum Gasteiger partial charge on any atom is 0.431 e. The molecule has 2 aliphatic heterocycles. The van der Waals surface area contributed by atoms with Gasteiger partial charge in [0.1, 0.15) is 5.69 Å². The van der Waals surface area contributed by atoms with Crippen molar-refractivity contribution in [3.63, 3.8) is 0 Å². The number of nitrogens with zero attached hydrogens (tertiary/aromatic N) is 3. The van der Waals surface area contributed by atoms with Gasteiger partial charge in [0.2, 0.25) is 10.0 Å². The van der Waals surface area contributed by atoms with Crippen LogP contribution in [0.3, 0.4) is 0 Å². The molecule has 0 bridgehead atoms. The molecule has 1 saturated heterocycles. The van der Waals surface area contributed by atoms with E-state index in [1.54, 1.807) is 11.0 Å². The number of halogens is 3. The smallest absolute Gasteiger partial charge is 0.338 e. The zero-order chi connectivity index (χ0) is 26.0. The van der Waals surface area contributed by atoms with Crippen molar-refractivity contribution < 1.29 is 27.8 Å². The van der Waals surface area contributed by atoms with Gasteiger partial charge in [0.15, 0.2) is 0 Å². The van der Waals surface area contributed by atoms with E-state index in [-0.39, 0.29) is 18.3 Å². The molecule has 2 aliphatic carbocycles. The van der Waals surface area contributed by atoms with E-state index in [2.05, 4.69) is 9.62 Å². The average Bonchev–Trinajstić information content (AvgIpc) is 3.51. The SMILES string of the molecule is O=C(c1ccc(S(=O)(=O)NC2CC2)cc1)N1CCC2(CC1)c1ccc(C(F)(F)F)n1CCN2C1CCC1.[HH]. The standard InChI is InChI=1S/C26H31F3N4O3S.H2/c27-26(28,29)23-11-10-22-25(33(17-16-32(22)23)20-2-1-3-20)12-14-31(15-13-25)24(34)18-4-8-21(9-5-18)37(35,36)30-19-6-7-19;/h4-5,8-11,19-20,30H,1-3,6-7,12-17H2;1H. The summed E-state index contributed by atoms with van der Waals surface area (Å²) >= 11 is 0. The van der Waals surface area contributed by atoms with Gasteiger partial charge in [-0.25, -0.2) is 13.1 Å². The molecule has 4 aliphatic rings. The summed E-state index contributed by atoms with van der Waals surface area (Å²) in [6.45, 7) is 1.76. The van der Waals surface area contributed by atoms with Crippen molar-refractivity contribution >= 4 is 15.9 Å². The molecule has 202 valence electrons. The van der Waals surface area contributed by atoms with E-state index in [1.165, 1.54) is 34.9 Å². The molecule has 6 rings (SSSR count). The Labute approximate surface area is 216 Å². The summed E-state index contributed by atoms with van der Waals surface area (Å²) in [5, 5.41) is 0. The summed E-state index contributed by atoms with van der Waals surface area (Å²) in [5.41, 5.74) is 0.00181. The average molecular weight is 539 g/mol. The molecule has 3 fully saturated rings. The Kier molecular flexibility index (Phi) is 5.96. The van der Waals surface area contributed by atoms with Crippen molar-refractivity contribution in [2.45, 2.75) is 80.2 Å². The second-order valence-electron chi connectivity index (χ2n) is 10.8. The summed E-state index contributed by atoms with van der Waals surface area (Å²) in [4.78, 5) is 17.6. The molecule has 7 nitrogen and oxygen atoms in total. The van der Waals surface area contributed by atoms with Crippen molar-refractivity contribution in [2.24, 2.45) is 0 Å². The lowest BCUT2D eigenvalue weighted by Gasteiger charge is -2.56. The highest BCUT2D eigenvalue weighted by atomic mass is 32.2. The number of carbonyl (C=O) groups excluding carboxylic acids is 1. The van der Waals surface area contributed by atoms with Crippen LogP contribution >= 0.6 is 0 Å². The number of piperidine rings is 1. The maximum absolute atomic E-state index is 13.7. The Bertz CT molecular complexity index is 1300. The Morgan fingerprint density at radius 1 is 0.946 bits per heavy atom. The number of hydrogen-bond acceptors (Lipinski definition) is 4. The molecule has 2 aromatic rings. The van der Waals surface area contributed by atoms with E-state index in [1.807, 2.05) is 0 Å².